The minimum atomic E-state index is -0.185. The molecule has 1 aliphatic carbocycles. The van der Waals surface area contributed by atoms with Crippen LogP contribution < -0.4 is 10.6 Å². The SMILES string of the molecule is O=C1C[C@@H](c2ccccc2)CC2=C1[C@H](c1ccc3ccccc3c1)Nc1ccccc1N2. The molecule has 0 bridgehead atoms. The summed E-state index contributed by atoms with van der Waals surface area (Å²) in [5, 5.41) is 9.70. The van der Waals surface area contributed by atoms with E-state index >= 15 is 0 Å². The highest BCUT2D eigenvalue weighted by molar-refractivity contribution is 6.01. The third-order valence-corrected chi connectivity index (χ3v) is 6.69. The van der Waals surface area contributed by atoms with Gasteiger partial charge in [-0.15, -0.1) is 0 Å². The lowest BCUT2D eigenvalue weighted by Crippen LogP contribution is -2.26. The van der Waals surface area contributed by atoms with E-state index in [9.17, 15) is 4.79 Å². The monoisotopic (exact) mass is 416 g/mol. The zero-order valence-corrected chi connectivity index (χ0v) is 17.7. The maximum atomic E-state index is 13.6. The molecule has 1 aliphatic heterocycles. The van der Waals surface area contributed by atoms with Gasteiger partial charge in [0.25, 0.3) is 0 Å². The molecule has 0 saturated heterocycles. The van der Waals surface area contributed by atoms with E-state index in [1.807, 2.05) is 18.2 Å². The number of nitrogens with one attached hydrogen (secondary N) is 2. The third kappa shape index (κ3) is 3.27. The van der Waals surface area contributed by atoms with Crippen LogP contribution in [0.15, 0.2) is 108 Å². The fraction of sp³-hybridized carbons (Fsp3) is 0.138. The Morgan fingerprint density at radius 1 is 0.656 bits per heavy atom. The topological polar surface area (TPSA) is 41.1 Å². The lowest BCUT2D eigenvalue weighted by atomic mass is 9.78. The zero-order valence-electron chi connectivity index (χ0n) is 17.7. The average Bonchev–Trinajstić information content (AvgIpc) is 3.01. The Labute approximate surface area is 187 Å². The van der Waals surface area contributed by atoms with E-state index in [0.29, 0.717) is 6.42 Å². The van der Waals surface area contributed by atoms with Gasteiger partial charge in [-0.3, -0.25) is 4.79 Å². The first-order chi connectivity index (χ1) is 15.8. The summed E-state index contributed by atoms with van der Waals surface area (Å²) in [5.74, 6) is 0.406. The number of ketones is 1. The molecule has 4 aromatic carbocycles. The van der Waals surface area contributed by atoms with Crippen LogP contribution in [0.3, 0.4) is 0 Å². The molecule has 32 heavy (non-hydrogen) atoms. The molecule has 2 aliphatic rings. The lowest BCUT2D eigenvalue weighted by molar-refractivity contribution is -0.116. The van der Waals surface area contributed by atoms with Gasteiger partial charge >= 0.3 is 0 Å². The summed E-state index contributed by atoms with van der Waals surface area (Å²) in [5.41, 5.74) is 6.27. The van der Waals surface area contributed by atoms with Gasteiger partial charge in [-0.25, -0.2) is 0 Å². The molecular weight excluding hydrogens is 392 g/mol. The number of hydrogen-bond donors (Lipinski definition) is 2. The number of carbonyl (C=O) groups is 1. The molecule has 156 valence electrons. The summed E-state index contributed by atoms with van der Waals surface area (Å²) < 4.78 is 0. The molecule has 0 unspecified atom stereocenters. The number of anilines is 2. The molecule has 0 saturated carbocycles. The highest BCUT2D eigenvalue weighted by Crippen LogP contribution is 2.44. The molecule has 0 fully saturated rings. The molecule has 1 heterocycles. The molecular formula is C29H24N2O. The minimum absolute atomic E-state index is 0.185. The predicted octanol–water partition coefficient (Wildman–Crippen LogP) is 6.82. The highest BCUT2D eigenvalue weighted by Gasteiger charge is 2.36. The number of hydrogen-bond acceptors (Lipinski definition) is 3. The minimum Gasteiger partial charge on any atom is -0.372 e. The van der Waals surface area contributed by atoms with Crippen LogP contribution in [0.4, 0.5) is 11.4 Å². The van der Waals surface area contributed by atoms with Crippen LogP contribution in [0.1, 0.15) is 35.9 Å². The fourth-order valence-corrected chi connectivity index (χ4v) is 5.09. The second-order valence-corrected chi connectivity index (χ2v) is 8.69. The average molecular weight is 417 g/mol. The second kappa shape index (κ2) is 7.69. The zero-order chi connectivity index (χ0) is 21.5. The van der Waals surface area contributed by atoms with Crippen molar-refractivity contribution >= 4 is 27.9 Å². The van der Waals surface area contributed by atoms with Gasteiger partial charge in [-0.05, 0) is 52.4 Å². The van der Waals surface area contributed by atoms with E-state index in [2.05, 4.69) is 89.5 Å². The van der Waals surface area contributed by atoms with E-state index in [1.165, 1.54) is 16.3 Å². The van der Waals surface area contributed by atoms with Gasteiger partial charge in [-0.1, -0.05) is 78.9 Å². The molecule has 3 heteroatoms. The number of para-hydroxylation sites is 2. The van der Waals surface area contributed by atoms with Crippen molar-refractivity contribution in [1.82, 2.24) is 0 Å². The van der Waals surface area contributed by atoms with Crippen molar-refractivity contribution in [2.45, 2.75) is 24.8 Å². The van der Waals surface area contributed by atoms with Gasteiger partial charge < -0.3 is 10.6 Å². The maximum absolute atomic E-state index is 13.6. The molecule has 6 rings (SSSR count). The number of carbonyl (C=O) groups excluding carboxylic acids is 1. The van der Waals surface area contributed by atoms with Crippen LogP contribution in [0.25, 0.3) is 10.8 Å². The quantitative estimate of drug-likeness (QED) is 0.377. The smallest absolute Gasteiger partial charge is 0.163 e. The van der Waals surface area contributed by atoms with E-state index in [4.69, 9.17) is 0 Å². The van der Waals surface area contributed by atoms with Gasteiger partial charge in [0.05, 0.1) is 17.4 Å². The van der Waals surface area contributed by atoms with Gasteiger partial charge in [0.15, 0.2) is 5.78 Å². The predicted molar refractivity (Wildman–Crippen MR) is 131 cm³/mol. The van der Waals surface area contributed by atoms with E-state index in [-0.39, 0.29) is 17.7 Å². The Kier molecular flexibility index (Phi) is 4.53. The normalized spacial score (nSPS) is 20.1. The summed E-state index contributed by atoms with van der Waals surface area (Å²) in [6.45, 7) is 0. The van der Waals surface area contributed by atoms with Crippen molar-refractivity contribution in [3.63, 3.8) is 0 Å². The molecule has 0 amide bonds. The Bertz CT molecular complexity index is 1360. The summed E-state index contributed by atoms with van der Waals surface area (Å²) in [6.07, 6.45) is 1.36. The summed E-state index contributed by atoms with van der Waals surface area (Å²) in [4.78, 5) is 13.6. The molecule has 0 spiro atoms. The molecule has 0 radical (unpaired) electrons. The molecule has 4 aromatic rings. The molecule has 0 aromatic heterocycles. The first-order valence-corrected chi connectivity index (χ1v) is 11.2. The summed E-state index contributed by atoms with van der Waals surface area (Å²) >= 11 is 0. The van der Waals surface area contributed by atoms with Crippen LogP contribution in [-0.4, -0.2) is 5.78 Å². The Morgan fingerprint density at radius 3 is 2.22 bits per heavy atom. The van der Waals surface area contributed by atoms with Crippen LogP contribution in [-0.2, 0) is 4.79 Å². The van der Waals surface area contributed by atoms with Crippen LogP contribution in [0, 0.1) is 0 Å². The van der Waals surface area contributed by atoms with Crippen molar-refractivity contribution in [2.24, 2.45) is 0 Å². The van der Waals surface area contributed by atoms with Gasteiger partial charge in [-0.2, -0.15) is 0 Å². The van der Waals surface area contributed by atoms with Gasteiger partial charge in [0, 0.05) is 17.7 Å². The number of rotatable bonds is 2. The first kappa shape index (κ1) is 18.9. The maximum Gasteiger partial charge on any atom is 0.163 e. The number of allylic oxidation sites excluding steroid dienone is 1. The molecule has 2 atom stereocenters. The second-order valence-electron chi connectivity index (χ2n) is 8.69. The summed E-state index contributed by atoms with van der Waals surface area (Å²) in [6, 6.07) is 33.3. The fourth-order valence-electron chi connectivity index (χ4n) is 5.09. The van der Waals surface area contributed by atoms with Crippen molar-refractivity contribution in [3.8, 4) is 0 Å². The Hall–Kier alpha value is -3.85. The van der Waals surface area contributed by atoms with E-state index < -0.39 is 0 Å². The lowest BCUT2D eigenvalue weighted by Gasteiger charge is -2.30. The van der Waals surface area contributed by atoms with Crippen LogP contribution in [0.5, 0.6) is 0 Å². The number of Topliss-reactive ketones (excluding diaryl/α,β-unsaturated/α-hetero) is 1. The van der Waals surface area contributed by atoms with Crippen molar-refractivity contribution < 1.29 is 4.79 Å². The first-order valence-electron chi connectivity index (χ1n) is 11.2. The molecule has 3 nitrogen and oxygen atoms in total. The third-order valence-electron chi connectivity index (χ3n) is 6.69. The number of fused-ring (bicyclic) bond motifs is 2. The van der Waals surface area contributed by atoms with Crippen LogP contribution in [0.2, 0.25) is 0 Å². The van der Waals surface area contributed by atoms with E-state index in [1.54, 1.807) is 0 Å². The van der Waals surface area contributed by atoms with Crippen molar-refractivity contribution in [3.05, 3.63) is 119 Å². The highest BCUT2D eigenvalue weighted by atomic mass is 16.1. The Balaban J connectivity index is 1.49. The largest absolute Gasteiger partial charge is 0.372 e. The van der Waals surface area contributed by atoms with Crippen molar-refractivity contribution in [2.75, 3.05) is 10.6 Å². The van der Waals surface area contributed by atoms with Gasteiger partial charge in [0.1, 0.15) is 0 Å². The molecule has 2 N–H and O–H groups in total. The number of benzene rings is 4. The van der Waals surface area contributed by atoms with Crippen molar-refractivity contribution in [1.29, 1.82) is 0 Å². The standard InChI is InChI=1S/C29H24N2O/c32-27-18-23(19-8-2-1-3-9-19)17-26-28(27)29(31-25-13-7-6-12-24(25)30-26)22-15-14-20-10-4-5-11-21(20)16-22/h1-16,23,29-31H,17-18H2/t23-,29-/m0/s1. The van der Waals surface area contributed by atoms with E-state index in [0.717, 1.165) is 34.6 Å². The van der Waals surface area contributed by atoms with Crippen LogP contribution >= 0.6 is 0 Å². The Morgan fingerprint density at radius 2 is 1.38 bits per heavy atom. The summed E-state index contributed by atoms with van der Waals surface area (Å²) in [7, 11) is 0. The van der Waals surface area contributed by atoms with Gasteiger partial charge in [0.2, 0.25) is 0 Å².